The minimum Gasteiger partial charge on any atom is -0.497 e. The number of ether oxygens (including phenoxy) is 1. The van der Waals surface area contributed by atoms with Gasteiger partial charge in [-0.2, -0.15) is 0 Å². The molecule has 0 saturated heterocycles. The molecule has 0 saturated carbocycles. The second-order valence-corrected chi connectivity index (χ2v) is 4.19. The molecule has 0 fully saturated rings. The fraction of sp³-hybridized carbons (Fsp3) is 0.429. The van der Waals surface area contributed by atoms with Crippen molar-refractivity contribution >= 4 is 11.8 Å². The number of nitrogens with one attached hydrogen (secondary N) is 2. The van der Waals surface area contributed by atoms with Crippen LogP contribution in [0.15, 0.2) is 24.3 Å². The van der Waals surface area contributed by atoms with Crippen LogP contribution in [-0.2, 0) is 16.0 Å². The van der Waals surface area contributed by atoms with Gasteiger partial charge in [0.05, 0.1) is 7.11 Å². The zero-order valence-electron chi connectivity index (χ0n) is 11.5. The van der Waals surface area contributed by atoms with E-state index in [1.165, 1.54) is 0 Å². The Hall–Kier alpha value is -2.08. The summed E-state index contributed by atoms with van der Waals surface area (Å²) in [6, 6.07) is 7.51. The lowest BCUT2D eigenvalue weighted by molar-refractivity contribution is -0.139. The number of hydrogen-bond donors (Lipinski definition) is 3. The van der Waals surface area contributed by atoms with Crippen LogP contribution in [0.1, 0.15) is 12.0 Å². The number of hydrogen-bond acceptors (Lipinski definition) is 4. The predicted molar refractivity (Wildman–Crippen MR) is 74.4 cm³/mol. The van der Waals surface area contributed by atoms with E-state index < -0.39 is 11.8 Å². The summed E-state index contributed by atoms with van der Waals surface area (Å²) in [5.74, 6) is -0.550. The van der Waals surface area contributed by atoms with E-state index >= 15 is 0 Å². The third-order valence-electron chi connectivity index (χ3n) is 2.68. The first kappa shape index (κ1) is 16.0. The molecule has 0 heterocycles. The topological polar surface area (TPSA) is 87.7 Å². The molecule has 1 rings (SSSR count). The summed E-state index contributed by atoms with van der Waals surface area (Å²) in [7, 11) is 1.60. The van der Waals surface area contributed by atoms with Gasteiger partial charge in [0.1, 0.15) is 5.75 Å². The molecule has 0 atom stereocenters. The van der Waals surface area contributed by atoms with Crippen molar-refractivity contribution in [3.63, 3.8) is 0 Å². The van der Waals surface area contributed by atoms with Crippen molar-refractivity contribution in [2.75, 3.05) is 26.8 Å². The predicted octanol–water partition coefficient (Wildman–Crippen LogP) is -0.147. The number of benzene rings is 1. The number of methoxy groups -OCH3 is 1. The molecule has 1 aromatic rings. The van der Waals surface area contributed by atoms with E-state index in [4.69, 9.17) is 9.84 Å². The van der Waals surface area contributed by atoms with Gasteiger partial charge in [-0.25, -0.2) is 0 Å². The SMILES string of the molecule is COc1ccc(CCNC(=O)C(=O)NCCCO)cc1. The first-order valence-electron chi connectivity index (χ1n) is 6.47. The highest BCUT2D eigenvalue weighted by atomic mass is 16.5. The van der Waals surface area contributed by atoms with E-state index in [-0.39, 0.29) is 6.61 Å². The van der Waals surface area contributed by atoms with E-state index in [0.29, 0.717) is 25.9 Å². The van der Waals surface area contributed by atoms with Crippen LogP contribution in [0.3, 0.4) is 0 Å². The number of carbonyl (C=O) groups is 2. The number of aliphatic hydroxyl groups excluding tert-OH is 1. The van der Waals surface area contributed by atoms with Crippen LogP contribution in [-0.4, -0.2) is 43.7 Å². The van der Waals surface area contributed by atoms with Crippen molar-refractivity contribution in [2.45, 2.75) is 12.8 Å². The molecule has 0 unspecified atom stereocenters. The highest BCUT2D eigenvalue weighted by Crippen LogP contribution is 2.11. The van der Waals surface area contributed by atoms with Gasteiger partial charge in [0.25, 0.3) is 0 Å². The van der Waals surface area contributed by atoms with Gasteiger partial charge in [0.15, 0.2) is 0 Å². The monoisotopic (exact) mass is 280 g/mol. The largest absolute Gasteiger partial charge is 0.497 e. The lowest BCUT2D eigenvalue weighted by atomic mass is 10.1. The molecule has 2 amide bonds. The van der Waals surface area contributed by atoms with Crippen molar-refractivity contribution < 1.29 is 19.4 Å². The zero-order chi connectivity index (χ0) is 14.8. The average Bonchev–Trinajstić information content (AvgIpc) is 2.48. The van der Waals surface area contributed by atoms with E-state index in [1.54, 1.807) is 7.11 Å². The van der Waals surface area contributed by atoms with Crippen molar-refractivity contribution in [1.82, 2.24) is 10.6 Å². The zero-order valence-corrected chi connectivity index (χ0v) is 11.5. The van der Waals surface area contributed by atoms with Crippen LogP contribution in [0.4, 0.5) is 0 Å². The minimum absolute atomic E-state index is 0.0145. The summed E-state index contributed by atoms with van der Waals surface area (Å²) in [6.07, 6.45) is 1.07. The normalized spacial score (nSPS) is 9.90. The second-order valence-electron chi connectivity index (χ2n) is 4.19. The number of aliphatic hydroxyl groups is 1. The van der Waals surface area contributed by atoms with Gasteiger partial charge >= 0.3 is 11.8 Å². The summed E-state index contributed by atoms with van der Waals surface area (Å²) < 4.78 is 5.05. The molecule has 20 heavy (non-hydrogen) atoms. The lowest BCUT2D eigenvalue weighted by Crippen LogP contribution is -2.41. The van der Waals surface area contributed by atoms with Crippen LogP contribution < -0.4 is 15.4 Å². The standard InChI is InChI=1S/C14H20N2O4/c1-20-12-5-3-11(4-6-12)7-9-16-14(19)13(18)15-8-2-10-17/h3-6,17H,2,7-10H2,1H3,(H,15,18)(H,16,19). The van der Waals surface area contributed by atoms with Gasteiger partial charge in [0, 0.05) is 19.7 Å². The highest BCUT2D eigenvalue weighted by molar-refractivity contribution is 6.35. The molecular formula is C14H20N2O4. The van der Waals surface area contributed by atoms with Crippen LogP contribution >= 0.6 is 0 Å². The van der Waals surface area contributed by atoms with E-state index in [2.05, 4.69) is 10.6 Å². The molecule has 0 spiro atoms. The molecule has 0 radical (unpaired) electrons. The Bertz CT molecular complexity index is 431. The number of carbonyl (C=O) groups excluding carboxylic acids is 2. The van der Waals surface area contributed by atoms with Crippen molar-refractivity contribution in [1.29, 1.82) is 0 Å². The fourth-order valence-electron chi connectivity index (χ4n) is 1.55. The quantitative estimate of drug-likeness (QED) is 0.479. The minimum atomic E-state index is -0.673. The van der Waals surface area contributed by atoms with Crippen LogP contribution in [0.2, 0.25) is 0 Å². The third-order valence-corrected chi connectivity index (χ3v) is 2.68. The second kappa shape index (κ2) is 8.92. The third kappa shape index (κ3) is 5.71. The Balaban J connectivity index is 2.25. The van der Waals surface area contributed by atoms with E-state index in [0.717, 1.165) is 11.3 Å². The summed E-state index contributed by atoms with van der Waals surface area (Å²) in [5, 5.41) is 13.5. The Labute approximate surface area is 118 Å². The Kier molecular flexibility index (Phi) is 7.13. The Morgan fingerprint density at radius 2 is 1.70 bits per heavy atom. The maximum atomic E-state index is 11.4. The average molecular weight is 280 g/mol. The molecule has 6 heteroatoms. The molecule has 3 N–H and O–H groups in total. The van der Waals surface area contributed by atoms with E-state index in [9.17, 15) is 9.59 Å². The summed E-state index contributed by atoms with van der Waals surface area (Å²) in [5.41, 5.74) is 1.05. The van der Waals surface area contributed by atoms with Gasteiger partial charge in [-0.05, 0) is 30.5 Å². The fourth-order valence-corrected chi connectivity index (χ4v) is 1.55. The van der Waals surface area contributed by atoms with Gasteiger partial charge < -0.3 is 20.5 Å². The molecule has 0 aliphatic carbocycles. The first-order valence-corrected chi connectivity index (χ1v) is 6.47. The van der Waals surface area contributed by atoms with Crippen molar-refractivity contribution in [2.24, 2.45) is 0 Å². The molecule has 110 valence electrons. The Morgan fingerprint density at radius 3 is 2.25 bits per heavy atom. The van der Waals surface area contributed by atoms with E-state index in [1.807, 2.05) is 24.3 Å². The van der Waals surface area contributed by atoms with Crippen LogP contribution in [0.25, 0.3) is 0 Å². The van der Waals surface area contributed by atoms with Crippen LogP contribution in [0.5, 0.6) is 5.75 Å². The maximum Gasteiger partial charge on any atom is 0.309 e. The number of rotatable bonds is 7. The molecule has 1 aromatic carbocycles. The molecule has 0 aromatic heterocycles. The molecule has 6 nitrogen and oxygen atoms in total. The van der Waals surface area contributed by atoms with Crippen molar-refractivity contribution in [3.8, 4) is 5.75 Å². The van der Waals surface area contributed by atoms with Crippen LogP contribution in [0, 0.1) is 0 Å². The maximum absolute atomic E-state index is 11.4. The van der Waals surface area contributed by atoms with Gasteiger partial charge in [0.2, 0.25) is 0 Å². The lowest BCUT2D eigenvalue weighted by Gasteiger charge is -2.06. The smallest absolute Gasteiger partial charge is 0.309 e. The highest BCUT2D eigenvalue weighted by Gasteiger charge is 2.11. The summed E-state index contributed by atoms with van der Waals surface area (Å²) in [6.45, 7) is 0.666. The summed E-state index contributed by atoms with van der Waals surface area (Å²) >= 11 is 0. The molecule has 0 aliphatic rings. The number of amides is 2. The van der Waals surface area contributed by atoms with Gasteiger partial charge in [-0.1, -0.05) is 12.1 Å². The van der Waals surface area contributed by atoms with Gasteiger partial charge in [-0.15, -0.1) is 0 Å². The van der Waals surface area contributed by atoms with Crippen molar-refractivity contribution in [3.05, 3.63) is 29.8 Å². The van der Waals surface area contributed by atoms with Gasteiger partial charge in [-0.3, -0.25) is 9.59 Å². The first-order chi connectivity index (χ1) is 9.67. The Morgan fingerprint density at radius 1 is 1.10 bits per heavy atom. The summed E-state index contributed by atoms with van der Waals surface area (Å²) in [4.78, 5) is 22.7. The molecule has 0 aliphatic heterocycles. The molecule has 0 bridgehead atoms. The molecular weight excluding hydrogens is 260 g/mol.